The van der Waals surface area contributed by atoms with Crippen molar-refractivity contribution in [3.05, 3.63) is 46.7 Å². The summed E-state index contributed by atoms with van der Waals surface area (Å²) in [5.74, 6) is 0.0639. The first-order valence-electron chi connectivity index (χ1n) is 6.57. The van der Waals surface area contributed by atoms with E-state index in [4.69, 9.17) is 0 Å². The van der Waals surface area contributed by atoms with Crippen LogP contribution in [-0.4, -0.2) is 26.1 Å². The quantitative estimate of drug-likeness (QED) is 0.765. The lowest BCUT2D eigenvalue weighted by Gasteiger charge is -2.06. The van der Waals surface area contributed by atoms with Gasteiger partial charge in [0.1, 0.15) is 11.2 Å². The zero-order valence-corrected chi connectivity index (χ0v) is 12.7. The van der Waals surface area contributed by atoms with Crippen LogP contribution in [0.4, 0.5) is 14.5 Å². The van der Waals surface area contributed by atoms with Gasteiger partial charge < -0.3 is 5.32 Å². The van der Waals surface area contributed by atoms with Gasteiger partial charge in [-0.05, 0) is 19.1 Å². The van der Waals surface area contributed by atoms with Crippen LogP contribution < -0.4 is 5.32 Å². The van der Waals surface area contributed by atoms with Gasteiger partial charge in [0.15, 0.2) is 10.8 Å². The van der Waals surface area contributed by atoms with Crippen molar-refractivity contribution in [3.63, 3.8) is 0 Å². The van der Waals surface area contributed by atoms with Gasteiger partial charge in [0, 0.05) is 11.3 Å². The Labute approximate surface area is 133 Å². The molecule has 0 saturated carbocycles. The number of aromatic amines is 1. The lowest BCUT2D eigenvalue weighted by Crippen LogP contribution is -2.11. The van der Waals surface area contributed by atoms with Crippen molar-refractivity contribution >= 4 is 22.9 Å². The van der Waals surface area contributed by atoms with Gasteiger partial charge in [0.05, 0.1) is 5.69 Å². The van der Waals surface area contributed by atoms with E-state index in [0.29, 0.717) is 27.1 Å². The number of halogens is 2. The molecule has 0 spiro atoms. The van der Waals surface area contributed by atoms with E-state index in [2.05, 4.69) is 25.5 Å². The minimum Gasteiger partial charge on any atom is -0.321 e. The summed E-state index contributed by atoms with van der Waals surface area (Å²) in [5, 5.41) is 9.55. The standard InChI is InChI=1S/C14H11F2N5OS/c1-7-10(23-14(19-7)12-17-6-18-21-12)13(22)20-9-4-2-3-8(5-9)11(15)16/h2-6,11H,1H3,(H,20,22)(H,17,18,21). The van der Waals surface area contributed by atoms with Crippen LogP contribution in [0.1, 0.15) is 27.4 Å². The number of benzene rings is 1. The third-order valence-corrected chi connectivity index (χ3v) is 4.18. The predicted molar refractivity (Wildman–Crippen MR) is 81.6 cm³/mol. The normalized spacial score (nSPS) is 11.0. The average Bonchev–Trinajstić information content (AvgIpc) is 3.16. The molecule has 23 heavy (non-hydrogen) atoms. The minimum atomic E-state index is -2.59. The largest absolute Gasteiger partial charge is 0.321 e. The van der Waals surface area contributed by atoms with Crippen molar-refractivity contribution in [2.24, 2.45) is 0 Å². The molecule has 0 saturated heterocycles. The number of H-pyrrole nitrogens is 1. The number of aromatic nitrogens is 4. The van der Waals surface area contributed by atoms with Crippen LogP contribution in [0.2, 0.25) is 0 Å². The molecule has 0 bridgehead atoms. The highest BCUT2D eigenvalue weighted by Crippen LogP contribution is 2.27. The van der Waals surface area contributed by atoms with Crippen molar-refractivity contribution in [2.75, 3.05) is 5.32 Å². The number of carbonyl (C=O) groups is 1. The lowest BCUT2D eigenvalue weighted by molar-refractivity contribution is 0.102. The Bertz CT molecular complexity index is 832. The highest BCUT2D eigenvalue weighted by Gasteiger charge is 2.18. The van der Waals surface area contributed by atoms with E-state index in [9.17, 15) is 13.6 Å². The van der Waals surface area contributed by atoms with E-state index in [1.165, 1.54) is 24.5 Å². The molecule has 1 aromatic carbocycles. The molecule has 2 heterocycles. The molecule has 0 fully saturated rings. The van der Waals surface area contributed by atoms with Gasteiger partial charge in [-0.3, -0.25) is 9.89 Å². The van der Waals surface area contributed by atoms with E-state index >= 15 is 0 Å². The molecule has 2 aromatic heterocycles. The Kier molecular flexibility index (Phi) is 4.11. The average molecular weight is 335 g/mol. The molecule has 0 aliphatic carbocycles. The zero-order valence-electron chi connectivity index (χ0n) is 11.9. The third-order valence-electron chi connectivity index (χ3n) is 3.02. The predicted octanol–water partition coefficient (Wildman–Crippen LogP) is 3.43. The maximum absolute atomic E-state index is 12.7. The Morgan fingerprint density at radius 2 is 2.22 bits per heavy atom. The van der Waals surface area contributed by atoms with Crippen molar-refractivity contribution in [2.45, 2.75) is 13.3 Å². The summed E-state index contributed by atoms with van der Waals surface area (Å²) in [5.41, 5.74) is 0.692. The van der Waals surface area contributed by atoms with E-state index in [-0.39, 0.29) is 5.56 Å². The lowest BCUT2D eigenvalue weighted by atomic mass is 10.2. The highest BCUT2D eigenvalue weighted by atomic mass is 32.1. The van der Waals surface area contributed by atoms with Crippen molar-refractivity contribution in [3.8, 4) is 10.8 Å². The summed E-state index contributed by atoms with van der Waals surface area (Å²) in [6.07, 6.45) is -1.24. The summed E-state index contributed by atoms with van der Waals surface area (Å²) in [7, 11) is 0. The maximum atomic E-state index is 12.7. The number of rotatable bonds is 4. The second kappa shape index (κ2) is 6.21. The molecule has 3 rings (SSSR count). The minimum absolute atomic E-state index is 0.147. The fraction of sp³-hybridized carbons (Fsp3) is 0.143. The smallest absolute Gasteiger partial charge is 0.267 e. The fourth-order valence-electron chi connectivity index (χ4n) is 1.96. The van der Waals surface area contributed by atoms with Gasteiger partial charge in [-0.1, -0.05) is 12.1 Å². The molecule has 0 aliphatic rings. The number of anilines is 1. The first-order valence-corrected chi connectivity index (χ1v) is 7.39. The van der Waals surface area contributed by atoms with Gasteiger partial charge in [-0.15, -0.1) is 11.3 Å². The number of hydrogen-bond donors (Lipinski definition) is 2. The molecule has 3 aromatic rings. The number of alkyl halides is 2. The SMILES string of the molecule is Cc1nc(-c2ncn[nH]2)sc1C(=O)Nc1cccc(C(F)F)c1. The molecule has 2 N–H and O–H groups in total. The van der Waals surface area contributed by atoms with Crippen LogP contribution in [0.15, 0.2) is 30.6 Å². The van der Waals surface area contributed by atoms with Crippen LogP contribution in [0.25, 0.3) is 10.8 Å². The number of thiazole rings is 1. The third kappa shape index (κ3) is 3.24. The highest BCUT2D eigenvalue weighted by molar-refractivity contribution is 7.17. The Morgan fingerprint density at radius 1 is 1.39 bits per heavy atom. The van der Waals surface area contributed by atoms with Crippen LogP contribution in [0, 0.1) is 6.92 Å². The number of hydrogen-bond acceptors (Lipinski definition) is 5. The first kappa shape index (κ1) is 15.2. The molecule has 0 unspecified atom stereocenters. The molecular formula is C14H11F2N5OS. The summed E-state index contributed by atoms with van der Waals surface area (Å²) >= 11 is 1.15. The van der Waals surface area contributed by atoms with E-state index < -0.39 is 12.3 Å². The van der Waals surface area contributed by atoms with E-state index in [1.807, 2.05) is 0 Å². The number of amides is 1. The Balaban J connectivity index is 1.82. The first-order chi connectivity index (χ1) is 11.0. The van der Waals surface area contributed by atoms with Gasteiger partial charge in [0.2, 0.25) is 0 Å². The summed E-state index contributed by atoms with van der Waals surface area (Å²) < 4.78 is 25.4. The van der Waals surface area contributed by atoms with Crippen LogP contribution in [0.5, 0.6) is 0 Å². The van der Waals surface area contributed by atoms with Crippen LogP contribution in [0.3, 0.4) is 0 Å². The Morgan fingerprint density at radius 3 is 2.91 bits per heavy atom. The van der Waals surface area contributed by atoms with Gasteiger partial charge in [-0.2, -0.15) is 5.10 Å². The zero-order chi connectivity index (χ0) is 16.4. The van der Waals surface area contributed by atoms with Gasteiger partial charge in [-0.25, -0.2) is 18.7 Å². The van der Waals surface area contributed by atoms with E-state index in [1.54, 1.807) is 13.0 Å². The molecule has 118 valence electrons. The number of aryl methyl sites for hydroxylation is 1. The van der Waals surface area contributed by atoms with Crippen LogP contribution in [-0.2, 0) is 0 Å². The summed E-state index contributed by atoms with van der Waals surface area (Å²) in [4.78, 5) is 21.0. The molecule has 0 aliphatic heterocycles. The van der Waals surface area contributed by atoms with Crippen molar-refractivity contribution in [1.82, 2.24) is 20.2 Å². The van der Waals surface area contributed by atoms with Gasteiger partial charge in [0.25, 0.3) is 12.3 Å². The number of nitrogens with zero attached hydrogens (tertiary/aromatic N) is 3. The molecule has 1 amide bonds. The monoisotopic (exact) mass is 335 g/mol. The second-order valence-electron chi connectivity index (χ2n) is 4.65. The molecule has 0 radical (unpaired) electrons. The van der Waals surface area contributed by atoms with Crippen molar-refractivity contribution < 1.29 is 13.6 Å². The Hall–Kier alpha value is -2.68. The molecule has 6 nitrogen and oxygen atoms in total. The second-order valence-corrected chi connectivity index (χ2v) is 5.65. The van der Waals surface area contributed by atoms with Crippen LogP contribution >= 0.6 is 11.3 Å². The fourth-order valence-corrected chi connectivity index (χ4v) is 2.86. The maximum Gasteiger partial charge on any atom is 0.267 e. The number of nitrogens with one attached hydrogen (secondary N) is 2. The molecule has 0 atom stereocenters. The molecular weight excluding hydrogens is 324 g/mol. The summed E-state index contributed by atoms with van der Waals surface area (Å²) in [6.45, 7) is 1.70. The van der Waals surface area contributed by atoms with Gasteiger partial charge >= 0.3 is 0 Å². The topological polar surface area (TPSA) is 83.6 Å². The molecule has 9 heteroatoms. The summed E-state index contributed by atoms with van der Waals surface area (Å²) in [6, 6.07) is 5.57. The van der Waals surface area contributed by atoms with E-state index in [0.717, 1.165) is 11.3 Å². The van der Waals surface area contributed by atoms with Crippen molar-refractivity contribution in [1.29, 1.82) is 0 Å². The number of carbonyl (C=O) groups excluding carboxylic acids is 1.